The first kappa shape index (κ1) is 13.9. The van der Waals surface area contributed by atoms with E-state index in [9.17, 15) is 4.79 Å². The Hall–Kier alpha value is -1.70. The summed E-state index contributed by atoms with van der Waals surface area (Å²) in [6.07, 6.45) is 2.18. The van der Waals surface area contributed by atoms with Crippen molar-refractivity contribution in [1.82, 2.24) is 19.8 Å². The predicted molar refractivity (Wildman–Crippen MR) is 85.0 cm³/mol. The average Bonchev–Trinajstić information content (AvgIpc) is 3.10. The lowest BCUT2D eigenvalue weighted by Gasteiger charge is -2.06. The number of amides is 1. The van der Waals surface area contributed by atoms with E-state index in [0.717, 1.165) is 18.7 Å². The van der Waals surface area contributed by atoms with Gasteiger partial charge in [-0.05, 0) is 25.0 Å². The van der Waals surface area contributed by atoms with E-state index >= 15 is 0 Å². The van der Waals surface area contributed by atoms with E-state index in [0.29, 0.717) is 31.6 Å². The Bertz CT molecular complexity index is 866. The van der Waals surface area contributed by atoms with Crippen molar-refractivity contribution < 1.29 is 4.79 Å². The van der Waals surface area contributed by atoms with Crippen LogP contribution in [0.4, 0.5) is 5.69 Å². The normalized spacial score (nSPS) is 14.5. The molecule has 9 heteroatoms. The molecule has 2 aromatic heterocycles. The molecule has 0 bridgehead atoms. The number of benzene rings is 1. The zero-order chi connectivity index (χ0) is 15.3. The van der Waals surface area contributed by atoms with Crippen LogP contribution in [0.25, 0.3) is 4.96 Å². The first-order valence-electron chi connectivity index (χ1n) is 6.61. The number of carbonyl (C=O) groups excluding carboxylic acids is 1. The van der Waals surface area contributed by atoms with Gasteiger partial charge in [-0.1, -0.05) is 40.6 Å². The summed E-state index contributed by atoms with van der Waals surface area (Å²) in [5.74, 6) is 0.861. The first-order valence-corrected chi connectivity index (χ1v) is 8.18. The summed E-state index contributed by atoms with van der Waals surface area (Å²) in [6, 6.07) is 5.03. The van der Waals surface area contributed by atoms with Crippen molar-refractivity contribution in [2.45, 2.75) is 18.8 Å². The number of para-hydroxylation sites is 1. The zero-order valence-corrected chi connectivity index (χ0v) is 13.4. The van der Waals surface area contributed by atoms with Crippen LogP contribution in [0.5, 0.6) is 0 Å². The molecule has 1 aliphatic rings. The lowest BCUT2D eigenvalue weighted by atomic mass is 10.3. The smallest absolute Gasteiger partial charge is 0.286 e. The van der Waals surface area contributed by atoms with Crippen molar-refractivity contribution in [1.29, 1.82) is 0 Å². The van der Waals surface area contributed by atoms with E-state index < -0.39 is 0 Å². The van der Waals surface area contributed by atoms with Crippen LogP contribution in [0.1, 0.15) is 34.4 Å². The van der Waals surface area contributed by atoms with E-state index in [4.69, 9.17) is 23.2 Å². The van der Waals surface area contributed by atoms with Crippen LogP contribution < -0.4 is 5.32 Å². The summed E-state index contributed by atoms with van der Waals surface area (Å²) in [6.45, 7) is 0. The number of carbonyl (C=O) groups is 1. The van der Waals surface area contributed by atoms with Gasteiger partial charge >= 0.3 is 0 Å². The van der Waals surface area contributed by atoms with Crippen LogP contribution in [-0.4, -0.2) is 25.7 Å². The van der Waals surface area contributed by atoms with Crippen molar-refractivity contribution in [3.05, 3.63) is 39.1 Å². The van der Waals surface area contributed by atoms with Crippen LogP contribution >= 0.6 is 34.5 Å². The minimum Gasteiger partial charge on any atom is -0.317 e. The Labute approximate surface area is 139 Å². The Morgan fingerprint density at radius 3 is 2.68 bits per heavy atom. The maximum atomic E-state index is 12.3. The second kappa shape index (κ2) is 5.19. The molecule has 1 aliphatic carbocycles. The molecule has 22 heavy (non-hydrogen) atoms. The molecule has 1 fully saturated rings. The van der Waals surface area contributed by atoms with E-state index in [1.165, 1.54) is 11.3 Å². The number of fused-ring (bicyclic) bond motifs is 1. The van der Waals surface area contributed by atoms with Gasteiger partial charge in [0.05, 0.1) is 15.7 Å². The molecule has 4 rings (SSSR count). The van der Waals surface area contributed by atoms with Crippen LogP contribution in [0.2, 0.25) is 10.0 Å². The van der Waals surface area contributed by atoms with Gasteiger partial charge in [0.1, 0.15) is 0 Å². The molecule has 1 N–H and O–H groups in total. The number of aromatic nitrogens is 4. The topological polar surface area (TPSA) is 72.2 Å². The monoisotopic (exact) mass is 353 g/mol. The summed E-state index contributed by atoms with van der Waals surface area (Å²) in [5.41, 5.74) is 0.379. The number of nitrogens with zero attached hydrogens (tertiary/aromatic N) is 4. The van der Waals surface area contributed by atoms with Gasteiger partial charge in [-0.3, -0.25) is 4.79 Å². The number of anilines is 1. The minimum absolute atomic E-state index is 0.294. The van der Waals surface area contributed by atoms with Crippen LogP contribution in [0.3, 0.4) is 0 Å². The Balaban J connectivity index is 1.65. The molecule has 6 nitrogen and oxygen atoms in total. The molecule has 0 radical (unpaired) electrons. The Kier molecular flexibility index (Phi) is 3.28. The van der Waals surface area contributed by atoms with Gasteiger partial charge in [0.15, 0.2) is 5.82 Å². The summed E-state index contributed by atoms with van der Waals surface area (Å²) in [4.78, 5) is 12.9. The Morgan fingerprint density at radius 2 is 2.00 bits per heavy atom. The second-order valence-electron chi connectivity index (χ2n) is 4.98. The molecule has 112 valence electrons. The fraction of sp³-hybridized carbons (Fsp3) is 0.231. The van der Waals surface area contributed by atoms with Gasteiger partial charge in [0.25, 0.3) is 5.91 Å². The van der Waals surface area contributed by atoms with Crippen molar-refractivity contribution in [2.75, 3.05) is 5.32 Å². The molecule has 0 spiro atoms. The van der Waals surface area contributed by atoms with Gasteiger partial charge in [-0.2, -0.15) is 4.52 Å². The molecular weight excluding hydrogens is 345 g/mol. The highest BCUT2D eigenvalue weighted by atomic mass is 35.5. The highest BCUT2D eigenvalue weighted by Gasteiger charge is 2.30. The average molecular weight is 354 g/mol. The third-order valence-electron chi connectivity index (χ3n) is 3.35. The fourth-order valence-electron chi connectivity index (χ4n) is 2.10. The highest BCUT2D eigenvalue weighted by molar-refractivity contribution is 7.18. The maximum Gasteiger partial charge on any atom is 0.286 e. The van der Waals surface area contributed by atoms with Crippen LogP contribution in [0, 0.1) is 0 Å². The quantitative estimate of drug-likeness (QED) is 0.780. The van der Waals surface area contributed by atoms with E-state index in [1.54, 1.807) is 22.7 Å². The second-order valence-corrected chi connectivity index (χ2v) is 6.76. The van der Waals surface area contributed by atoms with E-state index in [2.05, 4.69) is 20.6 Å². The highest BCUT2D eigenvalue weighted by Crippen LogP contribution is 2.39. The van der Waals surface area contributed by atoms with Crippen molar-refractivity contribution in [3.63, 3.8) is 0 Å². The molecule has 1 aromatic carbocycles. The molecular formula is C13H9Cl2N5OS. The SMILES string of the molecule is O=C(Nc1c(Cl)cccc1Cl)c1nn2c(C3CC3)nnc2s1. The molecule has 0 aliphatic heterocycles. The number of nitrogens with one attached hydrogen (secondary N) is 1. The standard InChI is InChI=1S/C13H9Cl2N5OS/c14-7-2-1-3-8(15)9(7)16-11(21)12-19-20-10(6-4-5-6)17-18-13(20)22-12/h1-3,6H,4-5H2,(H,16,21). The molecule has 3 aromatic rings. The first-order chi connectivity index (χ1) is 10.6. The van der Waals surface area contributed by atoms with E-state index in [1.807, 2.05) is 0 Å². The van der Waals surface area contributed by atoms with Gasteiger partial charge in [-0.25, -0.2) is 0 Å². The van der Waals surface area contributed by atoms with Crippen molar-refractivity contribution in [3.8, 4) is 0 Å². The molecule has 0 atom stereocenters. The van der Waals surface area contributed by atoms with Gasteiger partial charge in [0.2, 0.25) is 9.97 Å². The molecule has 0 unspecified atom stereocenters. The van der Waals surface area contributed by atoms with Crippen LogP contribution in [-0.2, 0) is 0 Å². The largest absolute Gasteiger partial charge is 0.317 e. The molecule has 1 saturated carbocycles. The third-order valence-corrected chi connectivity index (χ3v) is 4.88. The van der Waals surface area contributed by atoms with Gasteiger partial charge < -0.3 is 5.32 Å². The predicted octanol–water partition coefficient (Wildman–Crippen LogP) is 3.62. The fourth-order valence-corrected chi connectivity index (χ4v) is 3.34. The van der Waals surface area contributed by atoms with Gasteiger partial charge in [0, 0.05) is 5.92 Å². The summed E-state index contributed by atoms with van der Waals surface area (Å²) < 4.78 is 1.64. The minimum atomic E-state index is -0.368. The van der Waals surface area contributed by atoms with Crippen molar-refractivity contribution >= 4 is 51.1 Å². The zero-order valence-electron chi connectivity index (χ0n) is 11.1. The summed E-state index contributed by atoms with van der Waals surface area (Å²) >= 11 is 13.3. The molecule has 0 saturated heterocycles. The summed E-state index contributed by atoms with van der Waals surface area (Å²) in [7, 11) is 0. The van der Waals surface area contributed by atoms with E-state index in [-0.39, 0.29) is 5.91 Å². The Morgan fingerprint density at radius 1 is 1.27 bits per heavy atom. The lowest BCUT2D eigenvalue weighted by Crippen LogP contribution is -2.13. The van der Waals surface area contributed by atoms with Crippen LogP contribution in [0.15, 0.2) is 18.2 Å². The van der Waals surface area contributed by atoms with Crippen molar-refractivity contribution in [2.24, 2.45) is 0 Å². The number of rotatable bonds is 3. The summed E-state index contributed by atoms with van der Waals surface area (Å²) in [5, 5.41) is 16.2. The number of hydrogen-bond acceptors (Lipinski definition) is 5. The maximum absolute atomic E-state index is 12.3. The van der Waals surface area contributed by atoms with Gasteiger partial charge in [-0.15, -0.1) is 15.3 Å². The number of hydrogen-bond donors (Lipinski definition) is 1. The molecule has 2 heterocycles. The lowest BCUT2D eigenvalue weighted by molar-refractivity contribution is 0.102. The molecule has 1 amide bonds. The number of halogens is 2. The third kappa shape index (κ3) is 2.35.